The lowest BCUT2D eigenvalue weighted by Gasteiger charge is -2.14. The molecule has 4 rings (SSSR count). The maximum atomic E-state index is 11.8. The zero-order chi connectivity index (χ0) is 33.7. The molecule has 1 aromatic heterocycles. The maximum absolute atomic E-state index is 11.8. The predicted molar refractivity (Wildman–Crippen MR) is 165 cm³/mol. The number of likely N-dealkylation sites (N-methyl/N-ethyl adjacent to an activating group) is 1. The molecule has 4 aromatic rings. The molecular weight excluding hydrogens is 646 g/mol. The van der Waals surface area contributed by atoms with E-state index in [4.69, 9.17) is 17.4 Å². The lowest BCUT2D eigenvalue weighted by atomic mass is 10.2. The van der Waals surface area contributed by atoms with Crippen molar-refractivity contribution < 1.29 is 40.2 Å². The first-order valence-electron chi connectivity index (χ1n) is 12.8. The third kappa shape index (κ3) is 10.9. The minimum absolute atomic E-state index is 0.0149. The van der Waals surface area contributed by atoms with Crippen molar-refractivity contribution in [2.75, 3.05) is 43.2 Å². The summed E-state index contributed by atoms with van der Waals surface area (Å²) in [6.07, 6.45) is 0. The highest BCUT2D eigenvalue weighted by Crippen LogP contribution is 2.32. The molecule has 0 atom stereocenters. The second-order valence-corrected chi connectivity index (χ2v) is 10.5. The SMILES string of the molecule is CNCCNc1nc(Nc2ccc(N=Nc3ccccc3)cc2OC)nc(Nc2ccc(S(=O)(=O)O)cc2C(=O)O)n1.O=S(=O)=O. The summed E-state index contributed by atoms with van der Waals surface area (Å²) in [4.78, 5) is 24.3. The van der Waals surface area contributed by atoms with Crippen LogP contribution in [0.1, 0.15) is 10.4 Å². The number of benzene rings is 3. The summed E-state index contributed by atoms with van der Waals surface area (Å²) in [6, 6.07) is 17.4. The van der Waals surface area contributed by atoms with Crippen molar-refractivity contribution in [3.05, 3.63) is 72.3 Å². The van der Waals surface area contributed by atoms with Crippen molar-refractivity contribution in [2.24, 2.45) is 10.2 Å². The van der Waals surface area contributed by atoms with Gasteiger partial charge in [0.2, 0.25) is 17.8 Å². The van der Waals surface area contributed by atoms with E-state index >= 15 is 0 Å². The van der Waals surface area contributed by atoms with Crippen LogP contribution in [0.3, 0.4) is 0 Å². The molecule has 0 fully saturated rings. The van der Waals surface area contributed by atoms with Gasteiger partial charge < -0.3 is 31.1 Å². The van der Waals surface area contributed by atoms with Crippen LogP contribution in [0.2, 0.25) is 0 Å². The summed E-state index contributed by atoms with van der Waals surface area (Å²) < 4.78 is 63.2. The van der Waals surface area contributed by atoms with Gasteiger partial charge in [-0.25, -0.2) is 4.79 Å². The number of rotatable bonds is 13. The highest BCUT2D eigenvalue weighted by Gasteiger charge is 2.19. The first-order chi connectivity index (χ1) is 21.9. The zero-order valence-corrected chi connectivity index (χ0v) is 25.7. The Labute approximate surface area is 263 Å². The summed E-state index contributed by atoms with van der Waals surface area (Å²) in [5, 5.41) is 30.0. The summed E-state index contributed by atoms with van der Waals surface area (Å²) in [7, 11) is -4.45. The predicted octanol–water partition coefficient (Wildman–Crippen LogP) is 3.35. The van der Waals surface area contributed by atoms with Crippen molar-refractivity contribution in [1.82, 2.24) is 20.3 Å². The van der Waals surface area contributed by atoms with E-state index in [1.165, 1.54) is 13.2 Å². The monoisotopic (exact) mass is 673 g/mol. The van der Waals surface area contributed by atoms with E-state index in [1.807, 2.05) is 30.3 Å². The molecule has 6 N–H and O–H groups in total. The molecule has 18 nitrogen and oxygen atoms in total. The lowest BCUT2D eigenvalue weighted by Crippen LogP contribution is -2.19. The Morgan fingerprint density at radius 1 is 0.848 bits per heavy atom. The van der Waals surface area contributed by atoms with E-state index < -0.39 is 37.2 Å². The third-order valence-corrected chi connectivity index (χ3v) is 6.38. The first-order valence-corrected chi connectivity index (χ1v) is 15.3. The van der Waals surface area contributed by atoms with Gasteiger partial charge in [0.25, 0.3) is 10.1 Å². The summed E-state index contributed by atoms with van der Waals surface area (Å²) in [5.41, 5.74) is 1.30. The fraction of sp³-hybridized carbons (Fsp3) is 0.154. The number of carboxylic acids is 1. The van der Waals surface area contributed by atoms with Crippen LogP contribution >= 0.6 is 0 Å². The number of hydrogen-bond donors (Lipinski definition) is 6. The van der Waals surface area contributed by atoms with Gasteiger partial charge in [0, 0.05) is 19.2 Å². The quantitative estimate of drug-likeness (QED) is 0.0675. The van der Waals surface area contributed by atoms with Crippen molar-refractivity contribution in [2.45, 2.75) is 4.90 Å². The van der Waals surface area contributed by atoms with Gasteiger partial charge in [0.15, 0.2) is 0 Å². The summed E-state index contributed by atoms with van der Waals surface area (Å²) in [6.45, 7) is 1.07. The average Bonchev–Trinajstić information content (AvgIpc) is 3.00. The summed E-state index contributed by atoms with van der Waals surface area (Å²) in [5.74, 6) is -0.800. The Morgan fingerprint density at radius 2 is 1.43 bits per heavy atom. The largest absolute Gasteiger partial charge is 0.494 e. The van der Waals surface area contributed by atoms with Gasteiger partial charge in [0.05, 0.1) is 40.3 Å². The number of aromatic carboxylic acids is 1. The Morgan fingerprint density at radius 3 is 2.02 bits per heavy atom. The Balaban J connectivity index is 0.00000136. The lowest BCUT2D eigenvalue weighted by molar-refractivity contribution is 0.0697. The molecule has 3 aromatic carbocycles. The van der Waals surface area contributed by atoms with Gasteiger partial charge in [-0.05, 0) is 49.5 Å². The Kier molecular flexibility index (Phi) is 12.5. The van der Waals surface area contributed by atoms with Crippen molar-refractivity contribution in [1.29, 1.82) is 0 Å². The topological polar surface area (TPSA) is 264 Å². The molecule has 0 aliphatic rings. The molecule has 0 spiro atoms. The van der Waals surface area contributed by atoms with Gasteiger partial charge in [-0.15, -0.1) is 12.6 Å². The number of hydrogen-bond acceptors (Lipinski definition) is 16. The number of ether oxygens (including phenoxy) is 1. The summed E-state index contributed by atoms with van der Waals surface area (Å²) >= 11 is 0. The van der Waals surface area contributed by atoms with Crippen LogP contribution < -0.4 is 26.0 Å². The van der Waals surface area contributed by atoms with Crippen molar-refractivity contribution in [3.8, 4) is 5.75 Å². The Hall–Kier alpha value is -5.57. The standard InChI is InChI=1S/C26H27N9O6S.O3S/c1-27-12-13-28-24-31-25(29-20-11-9-18(42(38,39)40)15-19(20)23(36)37)33-26(32-24)30-21-10-8-17(14-22(21)41-2)35-34-16-6-4-3-5-7-16;1-4(2)3/h3-11,14-15,27H,12-13H2,1-2H3,(H,36,37)(H,38,39,40)(H3,28,29,30,31,32,33);. The number of nitrogens with one attached hydrogen (secondary N) is 4. The van der Waals surface area contributed by atoms with E-state index in [2.05, 4.69) is 46.4 Å². The molecular formula is C26H27N9O9S2. The number of methoxy groups -OCH3 is 1. The Bertz CT molecular complexity index is 1920. The molecule has 0 saturated carbocycles. The molecule has 0 radical (unpaired) electrons. The van der Waals surface area contributed by atoms with E-state index in [0.29, 0.717) is 35.9 Å². The minimum Gasteiger partial charge on any atom is -0.494 e. The molecule has 0 unspecified atom stereocenters. The van der Waals surface area contributed by atoms with Crippen LogP contribution in [0, 0.1) is 0 Å². The van der Waals surface area contributed by atoms with E-state index in [-0.39, 0.29) is 23.5 Å². The number of nitrogens with zero attached hydrogens (tertiary/aromatic N) is 5. The molecule has 0 aliphatic heterocycles. The van der Waals surface area contributed by atoms with Crippen LogP contribution in [-0.4, -0.2) is 78.9 Å². The first kappa shape index (κ1) is 34.9. The van der Waals surface area contributed by atoms with Crippen LogP contribution in [0.4, 0.5) is 40.6 Å². The number of aromatic nitrogens is 3. The molecule has 1 heterocycles. The fourth-order valence-corrected chi connectivity index (χ4v) is 4.04. The molecule has 0 saturated heterocycles. The molecule has 0 aliphatic carbocycles. The van der Waals surface area contributed by atoms with Gasteiger partial charge in [-0.2, -0.15) is 33.6 Å². The van der Waals surface area contributed by atoms with Gasteiger partial charge >= 0.3 is 16.6 Å². The second-order valence-electron chi connectivity index (χ2n) is 8.70. The van der Waals surface area contributed by atoms with Crippen molar-refractivity contribution >= 4 is 67.3 Å². The van der Waals surface area contributed by atoms with Gasteiger partial charge in [-0.1, -0.05) is 18.2 Å². The number of carbonyl (C=O) groups is 1. The number of anilines is 5. The van der Waals surface area contributed by atoms with E-state index in [0.717, 1.165) is 12.1 Å². The fourth-order valence-electron chi connectivity index (χ4n) is 3.53. The second kappa shape index (κ2) is 16.5. The highest BCUT2D eigenvalue weighted by molar-refractivity contribution is 7.85. The minimum atomic E-state index is -4.62. The molecule has 242 valence electrons. The number of carboxylic acid groups (broad SMARTS) is 1. The molecule has 46 heavy (non-hydrogen) atoms. The van der Waals surface area contributed by atoms with E-state index in [9.17, 15) is 22.9 Å². The van der Waals surface area contributed by atoms with Gasteiger partial charge in [0.1, 0.15) is 5.75 Å². The van der Waals surface area contributed by atoms with Crippen LogP contribution in [0.15, 0.2) is 81.9 Å². The van der Waals surface area contributed by atoms with Crippen LogP contribution in [0.25, 0.3) is 0 Å². The smallest absolute Gasteiger partial charge is 0.425 e. The van der Waals surface area contributed by atoms with Crippen molar-refractivity contribution in [3.63, 3.8) is 0 Å². The molecule has 20 heteroatoms. The normalized spacial score (nSPS) is 10.8. The maximum Gasteiger partial charge on any atom is 0.425 e. The zero-order valence-electron chi connectivity index (χ0n) is 24.1. The highest BCUT2D eigenvalue weighted by atomic mass is 32.2. The molecule has 0 bridgehead atoms. The third-order valence-electron chi connectivity index (χ3n) is 5.53. The number of azo groups is 1. The van der Waals surface area contributed by atoms with Gasteiger partial charge in [-0.3, -0.25) is 4.55 Å². The molecule has 0 amide bonds. The van der Waals surface area contributed by atoms with E-state index in [1.54, 1.807) is 25.2 Å². The van der Waals surface area contributed by atoms with Crippen LogP contribution in [0.5, 0.6) is 5.75 Å². The average molecular weight is 674 g/mol. The van der Waals surface area contributed by atoms with Crippen LogP contribution in [-0.2, 0) is 20.7 Å².